The van der Waals surface area contributed by atoms with Crippen molar-refractivity contribution in [3.63, 3.8) is 0 Å². The Morgan fingerprint density at radius 2 is 2.25 bits per heavy atom. The predicted molar refractivity (Wildman–Crippen MR) is 42.6 cm³/mol. The largest absolute Gasteiger partial charge is 0.427 e. The minimum Gasteiger partial charge on any atom is -0.427 e. The highest BCUT2D eigenvalue weighted by molar-refractivity contribution is 5.73. The maximum atomic E-state index is 10.6. The first kappa shape index (κ1) is 8.52. The number of aromatic nitrogens is 1. The molecule has 1 rings (SSSR count). The topological polar surface area (TPSA) is 54.6 Å². The molecule has 1 aromatic rings. The highest BCUT2D eigenvalue weighted by Crippen LogP contribution is 1.89. The average molecular weight is 166 g/mol. The fraction of sp³-hybridized carbons (Fsp3) is 0.250. The number of aryl methyl sites for hydroxylation is 1. The predicted octanol–water partition coefficient (Wildman–Crippen LogP) is 0.481. The quantitative estimate of drug-likeness (QED) is 0.570. The van der Waals surface area contributed by atoms with E-state index in [0.717, 1.165) is 10.3 Å². The second-order valence-electron chi connectivity index (χ2n) is 2.54. The molecule has 0 aromatic carbocycles. The first-order valence-electron chi connectivity index (χ1n) is 3.53. The molecule has 0 saturated carbocycles. The van der Waals surface area contributed by atoms with Crippen LogP contribution < -0.4 is 5.49 Å². The zero-order chi connectivity index (χ0) is 9.14. The minimum absolute atomic E-state index is 0.244. The van der Waals surface area contributed by atoms with Crippen molar-refractivity contribution in [3.05, 3.63) is 29.4 Å². The molecule has 1 heterocycles. The standard InChI is InChI=1S/C8H10N2O2/c1-6-3-4-8(9-7(2)11)10(12)5-6/h3-5,12H,1-2H3. The lowest BCUT2D eigenvalue weighted by Crippen LogP contribution is -2.19. The van der Waals surface area contributed by atoms with Gasteiger partial charge in [0.1, 0.15) is 0 Å². The summed E-state index contributed by atoms with van der Waals surface area (Å²) in [6.45, 7) is 3.17. The van der Waals surface area contributed by atoms with Crippen LogP contribution >= 0.6 is 0 Å². The SMILES string of the molecule is CC(=O)N=c1ccc(C)cn1O. The molecule has 0 saturated heterocycles. The molecule has 0 aliphatic heterocycles. The van der Waals surface area contributed by atoms with Gasteiger partial charge in [-0.05, 0) is 18.6 Å². The molecule has 1 amide bonds. The Morgan fingerprint density at radius 1 is 1.58 bits per heavy atom. The molecule has 0 fully saturated rings. The first-order chi connectivity index (χ1) is 5.59. The monoisotopic (exact) mass is 166 g/mol. The van der Waals surface area contributed by atoms with Gasteiger partial charge >= 0.3 is 0 Å². The number of carbonyl (C=O) groups is 1. The first-order valence-corrected chi connectivity index (χ1v) is 3.53. The summed E-state index contributed by atoms with van der Waals surface area (Å²) in [4.78, 5) is 14.1. The van der Waals surface area contributed by atoms with Crippen molar-refractivity contribution in [1.29, 1.82) is 0 Å². The van der Waals surface area contributed by atoms with Crippen LogP contribution in [0.1, 0.15) is 12.5 Å². The van der Waals surface area contributed by atoms with Gasteiger partial charge in [-0.2, -0.15) is 9.72 Å². The maximum absolute atomic E-state index is 10.6. The van der Waals surface area contributed by atoms with Crippen LogP contribution in [0.3, 0.4) is 0 Å². The molecule has 0 spiro atoms. The zero-order valence-electron chi connectivity index (χ0n) is 6.98. The minimum atomic E-state index is -0.332. The second-order valence-corrected chi connectivity index (χ2v) is 2.54. The molecule has 12 heavy (non-hydrogen) atoms. The summed E-state index contributed by atoms with van der Waals surface area (Å²) in [5.74, 6) is -0.332. The molecule has 1 N–H and O–H groups in total. The van der Waals surface area contributed by atoms with E-state index in [1.165, 1.54) is 13.1 Å². The molecule has 1 aromatic heterocycles. The van der Waals surface area contributed by atoms with Gasteiger partial charge in [-0.3, -0.25) is 4.79 Å². The van der Waals surface area contributed by atoms with Gasteiger partial charge in [0.2, 0.25) is 5.91 Å². The number of rotatable bonds is 0. The summed E-state index contributed by atoms with van der Waals surface area (Å²) in [5, 5.41) is 9.21. The zero-order valence-corrected chi connectivity index (χ0v) is 6.98. The summed E-state index contributed by atoms with van der Waals surface area (Å²) in [5.41, 5.74) is 1.15. The van der Waals surface area contributed by atoms with E-state index < -0.39 is 0 Å². The van der Waals surface area contributed by atoms with E-state index in [2.05, 4.69) is 4.99 Å². The van der Waals surface area contributed by atoms with Gasteiger partial charge in [0.25, 0.3) is 0 Å². The molecule has 4 heteroatoms. The molecule has 0 bridgehead atoms. The average Bonchev–Trinajstić information content (AvgIpc) is 1.94. The van der Waals surface area contributed by atoms with E-state index in [1.807, 2.05) is 6.92 Å². The van der Waals surface area contributed by atoms with E-state index in [9.17, 15) is 10.0 Å². The van der Waals surface area contributed by atoms with Crippen LogP contribution in [0.4, 0.5) is 0 Å². The molecule has 0 radical (unpaired) electrons. The summed E-state index contributed by atoms with van der Waals surface area (Å²) in [6, 6.07) is 3.35. The Labute approximate surface area is 69.8 Å². The van der Waals surface area contributed by atoms with Gasteiger partial charge in [-0.15, -0.1) is 0 Å². The number of carbonyl (C=O) groups excluding carboxylic acids is 1. The van der Waals surface area contributed by atoms with Crippen molar-refractivity contribution < 1.29 is 10.0 Å². The van der Waals surface area contributed by atoms with E-state index in [1.54, 1.807) is 12.1 Å². The Balaban J connectivity index is 3.27. The number of hydrogen-bond acceptors (Lipinski definition) is 2. The van der Waals surface area contributed by atoms with E-state index >= 15 is 0 Å². The van der Waals surface area contributed by atoms with Crippen molar-refractivity contribution in [1.82, 2.24) is 4.73 Å². The fourth-order valence-corrected chi connectivity index (χ4v) is 0.834. The second kappa shape index (κ2) is 3.21. The Morgan fingerprint density at radius 3 is 2.75 bits per heavy atom. The van der Waals surface area contributed by atoms with Gasteiger partial charge in [-0.1, -0.05) is 6.07 Å². The van der Waals surface area contributed by atoms with Crippen molar-refractivity contribution in [2.45, 2.75) is 13.8 Å². The summed E-state index contributed by atoms with van der Waals surface area (Å²) in [6.07, 6.45) is 1.49. The van der Waals surface area contributed by atoms with Crippen LogP contribution in [0.25, 0.3) is 0 Å². The third-order valence-corrected chi connectivity index (χ3v) is 1.33. The van der Waals surface area contributed by atoms with E-state index in [0.29, 0.717) is 0 Å². The lowest BCUT2D eigenvalue weighted by molar-refractivity contribution is -0.116. The Bertz CT molecular complexity index is 366. The van der Waals surface area contributed by atoms with Crippen LogP contribution in [-0.4, -0.2) is 15.8 Å². The number of hydrogen-bond donors (Lipinski definition) is 1. The fourth-order valence-electron chi connectivity index (χ4n) is 0.834. The normalized spacial score (nSPS) is 11.7. The summed E-state index contributed by atoms with van der Waals surface area (Å²) < 4.78 is 0.830. The van der Waals surface area contributed by atoms with E-state index in [-0.39, 0.29) is 11.4 Å². The van der Waals surface area contributed by atoms with Gasteiger partial charge < -0.3 is 5.21 Å². The molecular weight excluding hydrogens is 156 g/mol. The molecular formula is C8H10N2O2. The maximum Gasteiger partial charge on any atom is 0.244 e. The van der Waals surface area contributed by atoms with Gasteiger partial charge in [0, 0.05) is 13.1 Å². The summed E-state index contributed by atoms with van der Waals surface area (Å²) >= 11 is 0. The lowest BCUT2D eigenvalue weighted by Gasteiger charge is -1.97. The lowest BCUT2D eigenvalue weighted by atomic mass is 10.3. The Hall–Kier alpha value is -1.58. The van der Waals surface area contributed by atoms with Crippen LogP contribution in [0, 0.1) is 6.92 Å². The van der Waals surface area contributed by atoms with Gasteiger partial charge in [0.15, 0.2) is 5.49 Å². The third kappa shape index (κ3) is 1.95. The van der Waals surface area contributed by atoms with Crippen molar-refractivity contribution >= 4 is 5.91 Å². The van der Waals surface area contributed by atoms with Crippen molar-refractivity contribution in [2.75, 3.05) is 0 Å². The smallest absolute Gasteiger partial charge is 0.244 e. The van der Waals surface area contributed by atoms with Crippen LogP contribution in [0.2, 0.25) is 0 Å². The molecule has 0 aliphatic carbocycles. The number of nitrogens with zero attached hydrogens (tertiary/aromatic N) is 2. The van der Waals surface area contributed by atoms with Crippen LogP contribution in [0.5, 0.6) is 0 Å². The van der Waals surface area contributed by atoms with Crippen molar-refractivity contribution in [2.24, 2.45) is 4.99 Å². The van der Waals surface area contributed by atoms with Crippen molar-refractivity contribution in [3.8, 4) is 0 Å². The van der Waals surface area contributed by atoms with Gasteiger partial charge in [0.05, 0.1) is 0 Å². The highest BCUT2D eigenvalue weighted by atomic mass is 16.5. The highest BCUT2D eigenvalue weighted by Gasteiger charge is 1.91. The molecule has 0 aliphatic rings. The third-order valence-electron chi connectivity index (χ3n) is 1.33. The van der Waals surface area contributed by atoms with Crippen LogP contribution in [-0.2, 0) is 4.79 Å². The van der Waals surface area contributed by atoms with E-state index in [4.69, 9.17) is 0 Å². The van der Waals surface area contributed by atoms with Crippen LogP contribution in [0.15, 0.2) is 23.3 Å². The molecule has 4 nitrogen and oxygen atoms in total. The summed E-state index contributed by atoms with van der Waals surface area (Å²) in [7, 11) is 0. The Kier molecular flexibility index (Phi) is 2.28. The van der Waals surface area contributed by atoms with Gasteiger partial charge in [-0.25, -0.2) is 0 Å². The molecule has 0 unspecified atom stereocenters. The molecule has 64 valence electrons. The number of amides is 1. The number of pyridine rings is 1. The molecule has 0 atom stereocenters.